The van der Waals surface area contributed by atoms with Crippen LogP contribution >= 0.6 is 11.8 Å². The van der Waals surface area contributed by atoms with E-state index >= 15 is 0 Å². The van der Waals surface area contributed by atoms with Crippen molar-refractivity contribution in [3.8, 4) is 5.69 Å². The summed E-state index contributed by atoms with van der Waals surface area (Å²) < 4.78 is 2.17. The molecule has 32 heavy (non-hydrogen) atoms. The molecular weight excluding hydrogens is 418 g/mol. The number of hydrazone groups is 1. The van der Waals surface area contributed by atoms with Gasteiger partial charge in [0.25, 0.3) is 5.91 Å². The Morgan fingerprint density at radius 1 is 1.09 bits per heavy atom. The fourth-order valence-corrected chi connectivity index (χ4v) is 5.14. The second kappa shape index (κ2) is 7.91. The Kier molecular flexibility index (Phi) is 5.06. The maximum absolute atomic E-state index is 12.7. The first-order chi connectivity index (χ1) is 15.5. The molecule has 0 bridgehead atoms. The largest absolute Gasteiger partial charge is 0.318 e. The molecule has 2 aliphatic heterocycles. The summed E-state index contributed by atoms with van der Waals surface area (Å²) in [7, 11) is 0. The summed E-state index contributed by atoms with van der Waals surface area (Å²) in [6.07, 6.45) is 3.54. The highest BCUT2D eigenvalue weighted by Crippen LogP contribution is 2.31. The highest BCUT2D eigenvalue weighted by molar-refractivity contribution is 8.26. The van der Waals surface area contributed by atoms with E-state index in [4.69, 9.17) is 5.41 Å². The van der Waals surface area contributed by atoms with Crippen molar-refractivity contribution < 1.29 is 4.79 Å². The molecule has 0 unspecified atom stereocenters. The lowest BCUT2D eigenvalue weighted by molar-refractivity contribution is -0.114. The van der Waals surface area contributed by atoms with Crippen molar-refractivity contribution in [1.82, 2.24) is 9.58 Å². The minimum absolute atomic E-state index is 0.0779. The van der Waals surface area contributed by atoms with Crippen molar-refractivity contribution in [3.63, 3.8) is 0 Å². The maximum atomic E-state index is 12.7. The van der Waals surface area contributed by atoms with E-state index in [0.29, 0.717) is 5.17 Å². The average molecular weight is 442 g/mol. The number of amides is 1. The van der Waals surface area contributed by atoms with E-state index in [1.807, 2.05) is 32.0 Å². The first-order valence-electron chi connectivity index (χ1n) is 10.6. The van der Waals surface area contributed by atoms with Gasteiger partial charge >= 0.3 is 0 Å². The van der Waals surface area contributed by atoms with Gasteiger partial charge in [0.05, 0.1) is 5.57 Å². The molecule has 2 aromatic carbocycles. The minimum atomic E-state index is -0.391. The summed E-state index contributed by atoms with van der Waals surface area (Å²) in [5.41, 5.74) is 4.29. The van der Waals surface area contributed by atoms with Crippen LogP contribution in [0, 0.1) is 19.3 Å². The fraction of sp³-hybridized carbons (Fsp3) is 0.200. The van der Waals surface area contributed by atoms with Gasteiger partial charge < -0.3 is 4.57 Å². The molecule has 0 spiro atoms. The number of aliphatic imine (C=N–C) groups is 1. The normalized spacial score (nSPS) is 17.2. The number of carbonyl (C=O) groups is 1. The predicted molar refractivity (Wildman–Crippen MR) is 133 cm³/mol. The number of fused-ring (bicyclic) bond motifs is 2. The van der Waals surface area contributed by atoms with Gasteiger partial charge in [-0.1, -0.05) is 37.3 Å². The van der Waals surface area contributed by atoms with Crippen LogP contribution in [0.5, 0.6) is 0 Å². The number of hydrogen-bond donors (Lipinski definition) is 1. The lowest BCUT2D eigenvalue weighted by Gasteiger charge is -2.20. The Bertz CT molecular complexity index is 1380. The summed E-state index contributed by atoms with van der Waals surface area (Å²) in [5, 5.41) is 18.3. The van der Waals surface area contributed by atoms with Gasteiger partial charge in [-0.25, -0.2) is 0 Å². The first kappa shape index (κ1) is 20.5. The van der Waals surface area contributed by atoms with E-state index in [2.05, 4.69) is 51.9 Å². The van der Waals surface area contributed by atoms with Crippen molar-refractivity contribution in [2.75, 3.05) is 0 Å². The molecular formula is C25H23N5OS. The third-order valence-electron chi connectivity index (χ3n) is 5.72. The maximum Gasteiger partial charge on any atom is 0.283 e. The van der Waals surface area contributed by atoms with E-state index < -0.39 is 5.91 Å². The van der Waals surface area contributed by atoms with Crippen LogP contribution in [-0.4, -0.2) is 31.5 Å². The molecule has 0 saturated heterocycles. The quantitative estimate of drug-likeness (QED) is 0.530. The standard InChI is InChI=1S/C25H23N5OS/c1-4-7-22-28-30-23(26)21(24(31)27-25(30)32-22)14-19-12-15(2)29(16(19)3)20-11-10-17-8-5-6-9-18(17)13-20/h5-6,8-14,26H,4,7H2,1-3H3. The van der Waals surface area contributed by atoms with E-state index in [-0.39, 0.29) is 11.4 Å². The lowest BCUT2D eigenvalue weighted by Crippen LogP contribution is -2.35. The van der Waals surface area contributed by atoms with E-state index in [1.165, 1.54) is 27.5 Å². The first-order valence-corrected chi connectivity index (χ1v) is 11.4. The van der Waals surface area contributed by atoms with E-state index in [9.17, 15) is 4.79 Å². The van der Waals surface area contributed by atoms with Gasteiger partial charge in [-0.3, -0.25) is 10.2 Å². The van der Waals surface area contributed by atoms with E-state index in [1.54, 1.807) is 6.08 Å². The monoisotopic (exact) mass is 441 g/mol. The molecule has 0 aliphatic carbocycles. The van der Waals surface area contributed by atoms with Crippen LogP contribution in [-0.2, 0) is 4.79 Å². The number of carbonyl (C=O) groups excluding carboxylic acids is 1. The average Bonchev–Trinajstić information content (AvgIpc) is 3.30. The minimum Gasteiger partial charge on any atom is -0.318 e. The van der Waals surface area contributed by atoms with Gasteiger partial charge in [0.2, 0.25) is 5.17 Å². The number of nitrogens with one attached hydrogen (secondary N) is 1. The Morgan fingerprint density at radius 2 is 1.88 bits per heavy atom. The molecule has 0 fully saturated rings. The number of benzene rings is 2. The molecule has 3 heterocycles. The zero-order chi connectivity index (χ0) is 22.4. The van der Waals surface area contributed by atoms with Crippen molar-refractivity contribution >= 4 is 50.6 Å². The van der Waals surface area contributed by atoms with E-state index in [0.717, 1.165) is 40.5 Å². The zero-order valence-electron chi connectivity index (χ0n) is 18.2. The molecule has 0 atom stereocenters. The second-order valence-electron chi connectivity index (χ2n) is 7.96. The Labute approximate surface area is 190 Å². The van der Waals surface area contributed by atoms with Crippen molar-refractivity contribution in [2.45, 2.75) is 33.6 Å². The number of nitrogens with zero attached hydrogens (tertiary/aromatic N) is 4. The number of hydrogen-bond acceptors (Lipinski definition) is 4. The van der Waals surface area contributed by atoms with Gasteiger partial charge in [0.15, 0.2) is 5.84 Å². The van der Waals surface area contributed by atoms with Crippen molar-refractivity contribution in [2.24, 2.45) is 10.1 Å². The molecule has 160 valence electrons. The van der Waals surface area contributed by atoms with Crippen molar-refractivity contribution in [3.05, 3.63) is 71.1 Å². The van der Waals surface area contributed by atoms with Crippen LogP contribution in [0.4, 0.5) is 0 Å². The summed E-state index contributed by atoms with van der Waals surface area (Å²) in [4.78, 5) is 16.9. The SMILES string of the molecule is CCCC1=NN2C(=N)C(=Cc3cc(C)n(-c4ccc5ccccc5c4)c3C)C(=O)N=C2S1. The number of aryl methyl sites for hydroxylation is 1. The molecule has 7 heteroatoms. The lowest BCUT2D eigenvalue weighted by atomic mass is 10.1. The Morgan fingerprint density at radius 3 is 2.66 bits per heavy atom. The third kappa shape index (κ3) is 3.39. The van der Waals surface area contributed by atoms with Gasteiger partial charge in [0.1, 0.15) is 5.04 Å². The van der Waals surface area contributed by atoms with Crippen LogP contribution in [0.3, 0.4) is 0 Å². The summed E-state index contributed by atoms with van der Waals surface area (Å²) in [5.74, 6) is -0.314. The van der Waals surface area contributed by atoms with Gasteiger partial charge in [-0.2, -0.15) is 15.1 Å². The van der Waals surface area contributed by atoms with Gasteiger partial charge in [-0.05, 0) is 79.1 Å². The molecule has 1 amide bonds. The van der Waals surface area contributed by atoms with Crippen LogP contribution in [0.25, 0.3) is 22.5 Å². The number of rotatable bonds is 4. The summed E-state index contributed by atoms with van der Waals surface area (Å²) in [6, 6.07) is 16.7. The topological polar surface area (TPSA) is 73.8 Å². The van der Waals surface area contributed by atoms with Crippen molar-refractivity contribution in [1.29, 1.82) is 5.41 Å². The smallest absolute Gasteiger partial charge is 0.283 e. The van der Waals surface area contributed by atoms with Gasteiger partial charge in [-0.15, -0.1) is 0 Å². The molecule has 0 saturated carbocycles. The molecule has 0 radical (unpaired) electrons. The Balaban J connectivity index is 1.54. The summed E-state index contributed by atoms with van der Waals surface area (Å²) >= 11 is 1.38. The molecule has 5 rings (SSSR count). The highest BCUT2D eigenvalue weighted by atomic mass is 32.2. The number of thioether (sulfide) groups is 1. The number of amidine groups is 2. The second-order valence-corrected chi connectivity index (χ2v) is 9.00. The molecule has 6 nitrogen and oxygen atoms in total. The molecule has 1 aromatic heterocycles. The van der Waals surface area contributed by atoms with Gasteiger partial charge in [0, 0.05) is 17.1 Å². The predicted octanol–water partition coefficient (Wildman–Crippen LogP) is 5.67. The van der Waals surface area contributed by atoms with Crippen LogP contribution in [0.15, 0.2) is 64.2 Å². The Hall–Kier alpha value is -3.45. The summed E-state index contributed by atoms with van der Waals surface area (Å²) in [6.45, 7) is 6.16. The molecule has 1 N–H and O–H groups in total. The highest BCUT2D eigenvalue weighted by Gasteiger charge is 2.35. The molecule has 2 aliphatic rings. The zero-order valence-corrected chi connectivity index (χ0v) is 19.0. The van der Waals surface area contributed by atoms with Crippen LogP contribution in [0.1, 0.15) is 36.7 Å². The molecule has 3 aromatic rings. The fourth-order valence-electron chi connectivity index (χ4n) is 4.15. The van der Waals surface area contributed by atoms with Crippen LogP contribution in [0.2, 0.25) is 0 Å². The third-order valence-corrected chi connectivity index (χ3v) is 6.69. The number of aromatic nitrogens is 1. The van der Waals surface area contributed by atoms with Crippen LogP contribution < -0.4 is 0 Å².